The van der Waals surface area contributed by atoms with Crippen LogP contribution in [-0.4, -0.2) is 20.8 Å². The summed E-state index contributed by atoms with van der Waals surface area (Å²) in [7, 11) is 1.78. The van der Waals surface area contributed by atoms with Gasteiger partial charge in [-0.3, -0.25) is 0 Å². The highest BCUT2D eigenvalue weighted by atomic mass is 79.9. The minimum absolute atomic E-state index is 0.00838. The number of hydrogen-bond donors (Lipinski definition) is 0. The van der Waals surface area contributed by atoms with E-state index in [-0.39, 0.29) is 11.7 Å². The highest BCUT2D eigenvalue weighted by molar-refractivity contribution is 9.11. The first kappa shape index (κ1) is 17.3. The summed E-state index contributed by atoms with van der Waals surface area (Å²) in [6, 6.07) is 5.72. The molecule has 1 aromatic rings. The number of rotatable bonds is 7. The second-order valence-electron chi connectivity index (χ2n) is 4.32. The fraction of sp³-hybridized carbons (Fsp3) is 0.500. The fourth-order valence-electron chi connectivity index (χ4n) is 1.47. The molecule has 108 valence electrons. The Balaban J connectivity index is 2.38. The average molecular weight is 435 g/mol. The zero-order valence-corrected chi connectivity index (χ0v) is 15.1. The molecule has 0 fully saturated rings. The molecular weight excluding hydrogens is 419 g/mol. The van der Waals surface area contributed by atoms with Gasteiger partial charge in [-0.25, -0.2) is 8.42 Å². The van der Waals surface area contributed by atoms with E-state index in [1.165, 1.54) is 0 Å². The Kier molecular flexibility index (Phi) is 7.14. The van der Waals surface area contributed by atoms with Crippen molar-refractivity contribution in [3.8, 4) is 5.75 Å². The summed E-state index contributed by atoms with van der Waals surface area (Å²) in [6.45, 7) is 2.52. The molecule has 0 amide bonds. The molecule has 0 aliphatic carbocycles. The van der Waals surface area contributed by atoms with Crippen LogP contribution in [0.5, 0.6) is 5.75 Å². The first-order valence-corrected chi connectivity index (χ1v) is 9.85. The number of benzene rings is 1. The molecule has 0 spiro atoms. The minimum Gasteiger partial charge on any atom is -0.491 e. The van der Waals surface area contributed by atoms with Crippen LogP contribution in [0.2, 0.25) is 0 Å². The maximum Gasteiger partial charge on any atom is 0.232 e. The normalized spacial score (nSPS) is 13.3. The second kappa shape index (κ2) is 7.86. The first-order chi connectivity index (χ1) is 8.79. The van der Waals surface area contributed by atoms with Gasteiger partial charge in [0.2, 0.25) is 9.05 Å². The standard InChI is InChI=1S/C12H15Br2ClO3S/c1-9(6-8-19(15,16)17)5-7-18-12-10(13)3-2-4-11(12)14/h2-4,9H,5-8H2,1H3. The van der Waals surface area contributed by atoms with Gasteiger partial charge in [-0.2, -0.15) is 0 Å². The summed E-state index contributed by atoms with van der Waals surface area (Å²) in [5.74, 6) is 1.02. The van der Waals surface area contributed by atoms with Crippen molar-refractivity contribution >= 4 is 51.6 Å². The summed E-state index contributed by atoms with van der Waals surface area (Å²) in [5, 5.41) is 0. The van der Waals surface area contributed by atoms with Crippen LogP contribution in [0.15, 0.2) is 27.1 Å². The van der Waals surface area contributed by atoms with E-state index in [9.17, 15) is 8.42 Å². The van der Waals surface area contributed by atoms with Gasteiger partial charge in [0.25, 0.3) is 0 Å². The Bertz CT molecular complexity index is 499. The van der Waals surface area contributed by atoms with Crippen molar-refractivity contribution in [3.63, 3.8) is 0 Å². The van der Waals surface area contributed by atoms with Crippen LogP contribution in [-0.2, 0) is 9.05 Å². The van der Waals surface area contributed by atoms with Crippen molar-refractivity contribution in [2.75, 3.05) is 12.4 Å². The van der Waals surface area contributed by atoms with Crippen LogP contribution in [0.25, 0.3) is 0 Å². The molecular formula is C12H15Br2ClO3S. The molecule has 0 saturated heterocycles. The maximum absolute atomic E-state index is 10.8. The maximum atomic E-state index is 10.8. The molecule has 0 heterocycles. The van der Waals surface area contributed by atoms with E-state index < -0.39 is 9.05 Å². The monoisotopic (exact) mass is 432 g/mol. The third-order valence-corrected chi connectivity index (χ3v) is 5.07. The predicted octanol–water partition coefficient (Wildman–Crippen LogP) is 4.58. The lowest BCUT2D eigenvalue weighted by atomic mass is 10.1. The Morgan fingerprint density at radius 1 is 1.26 bits per heavy atom. The Hall–Kier alpha value is 0.220. The minimum atomic E-state index is -3.39. The van der Waals surface area contributed by atoms with Gasteiger partial charge < -0.3 is 4.74 Å². The van der Waals surface area contributed by atoms with E-state index >= 15 is 0 Å². The molecule has 1 aromatic carbocycles. The molecule has 0 aromatic heterocycles. The first-order valence-electron chi connectivity index (χ1n) is 5.78. The zero-order valence-electron chi connectivity index (χ0n) is 10.4. The number of hydrogen-bond acceptors (Lipinski definition) is 3. The molecule has 0 bridgehead atoms. The summed E-state index contributed by atoms with van der Waals surface area (Å²) >= 11 is 6.84. The molecule has 1 rings (SSSR count). The van der Waals surface area contributed by atoms with Crippen LogP contribution in [0.1, 0.15) is 19.8 Å². The largest absolute Gasteiger partial charge is 0.491 e. The molecule has 0 N–H and O–H groups in total. The van der Waals surface area contributed by atoms with Crippen LogP contribution in [0.3, 0.4) is 0 Å². The molecule has 0 aliphatic heterocycles. The highest BCUT2D eigenvalue weighted by Crippen LogP contribution is 2.33. The van der Waals surface area contributed by atoms with Gasteiger partial charge in [0.15, 0.2) is 0 Å². The molecule has 0 radical (unpaired) electrons. The molecule has 1 atom stereocenters. The van der Waals surface area contributed by atoms with Crippen molar-refractivity contribution in [1.82, 2.24) is 0 Å². The summed E-state index contributed by atoms with van der Waals surface area (Å²) in [4.78, 5) is 0. The van der Waals surface area contributed by atoms with Gasteiger partial charge in [-0.1, -0.05) is 13.0 Å². The Morgan fingerprint density at radius 2 is 1.84 bits per heavy atom. The average Bonchev–Trinajstić information content (AvgIpc) is 2.29. The van der Waals surface area contributed by atoms with Gasteiger partial charge in [-0.15, -0.1) is 0 Å². The summed E-state index contributed by atoms with van der Waals surface area (Å²) in [6.07, 6.45) is 1.33. The number of ether oxygens (including phenoxy) is 1. The predicted molar refractivity (Wildman–Crippen MR) is 85.4 cm³/mol. The topological polar surface area (TPSA) is 43.4 Å². The Morgan fingerprint density at radius 3 is 2.37 bits per heavy atom. The van der Waals surface area contributed by atoms with E-state index in [4.69, 9.17) is 15.4 Å². The van der Waals surface area contributed by atoms with Gasteiger partial charge in [0.05, 0.1) is 21.3 Å². The molecule has 3 nitrogen and oxygen atoms in total. The van der Waals surface area contributed by atoms with Crippen LogP contribution in [0, 0.1) is 5.92 Å². The van der Waals surface area contributed by atoms with E-state index in [0.29, 0.717) is 13.0 Å². The van der Waals surface area contributed by atoms with Crippen molar-refractivity contribution in [3.05, 3.63) is 27.1 Å². The highest BCUT2D eigenvalue weighted by Gasteiger charge is 2.11. The summed E-state index contributed by atoms with van der Waals surface area (Å²) < 4.78 is 29.2. The van der Waals surface area contributed by atoms with Crippen LogP contribution >= 0.6 is 42.5 Å². The van der Waals surface area contributed by atoms with Crippen molar-refractivity contribution in [1.29, 1.82) is 0 Å². The van der Waals surface area contributed by atoms with Gasteiger partial charge in [0.1, 0.15) is 5.75 Å². The van der Waals surface area contributed by atoms with Gasteiger partial charge in [-0.05, 0) is 62.8 Å². The van der Waals surface area contributed by atoms with E-state index in [1.54, 1.807) is 0 Å². The van der Waals surface area contributed by atoms with Gasteiger partial charge >= 0.3 is 0 Å². The number of halogens is 3. The smallest absolute Gasteiger partial charge is 0.232 e. The fourth-order valence-corrected chi connectivity index (χ4v) is 3.65. The van der Waals surface area contributed by atoms with Crippen LogP contribution < -0.4 is 4.74 Å². The third-order valence-electron chi connectivity index (χ3n) is 2.63. The molecule has 19 heavy (non-hydrogen) atoms. The van der Waals surface area contributed by atoms with Crippen LogP contribution in [0.4, 0.5) is 0 Å². The molecule has 0 saturated carbocycles. The lowest BCUT2D eigenvalue weighted by Gasteiger charge is -2.13. The quantitative estimate of drug-likeness (QED) is 0.590. The van der Waals surface area contributed by atoms with Crippen molar-refractivity contribution in [2.24, 2.45) is 5.92 Å². The molecule has 0 aliphatic rings. The zero-order chi connectivity index (χ0) is 14.5. The van der Waals surface area contributed by atoms with E-state index in [0.717, 1.165) is 21.1 Å². The van der Waals surface area contributed by atoms with Crippen molar-refractivity contribution in [2.45, 2.75) is 19.8 Å². The second-order valence-corrected chi connectivity index (χ2v) is 8.93. The lowest BCUT2D eigenvalue weighted by molar-refractivity contribution is 0.279. The molecule has 1 unspecified atom stereocenters. The summed E-state index contributed by atoms with van der Waals surface area (Å²) in [5.41, 5.74) is 0. The van der Waals surface area contributed by atoms with Crippen molar-refractivity contribution < 1.29 is 13.2 Å². The van der Waals surface area contributed by atoms with E-state index in [1.807, 2.05) is 25.1 Å². The molecule has 7 heteroatoms. The third kappa shape index (κ3) is 6.97. The van der Waals surface area contributed by atoms with E-state index in [2.05, 4.69) is 31.9 Å². The Labute approximate surface area is 135 Å². The number of para-hydroxylation sites is 1. The van der Waals surface area contributed by atoms with Gasteiger partial charge in [0, 0.05) is 10.7 Å². The SMILES string of the molecule is CC(CCOc1c(Br)cccc1Br)CCS(=O)(=O)Cl. The lowest BCUT2D eigenvalue weighted by Crippen LogP contribution is -2.08.